The second kappa shape index (κ2) is 4.79. The Kier molecular flexibility index (Phi) is 3.10. The predicted molar refractivity (Wildman–Crippen MR) is 70.3 cm³/mol. The summed E-state index contributed by atoms with van der Waals surface area (Å²) >= 11 is 0. The SMILES string of the molecule is COC(=O)C1=C[C@@H]2[C@@H]3C=CC=C[C@H]3N[C@H]2N1C(=O)OC. The maximum Gasteiger partial charge on any atom is 0.415 e. The van der Waals surface area contributed by atoms with E-state index in [1.165, 1.54) is 19.1 Å². The van der Waals surface area contributed by atoms with Gasteiger partial charge < -0.3 is 9.47 Å². The van der Waals surface area contributed by atoms with E-state index < -0.39 is 12.1 Å². The van der Waals surface area contributed by atoms with Crippen molar-refractivity contribution in [3.8, 4) is 0 Å². The summed E-state index contributed by atoms with van der Waals surface area (Å²) in [5.74, 6) is -0.271. The Morgan fingerprint density at radius 3 is 2.60 bits per heavy atom. The minimum Gasteiger partial charge on any atom is -0.464 e. The first-order valence-electron chi connectivity index (χ1n) is 6.45. The molecule has 2 heterocycles. The van der Waals surface area contributed by atoms with Crippen molar-refractivity contribution < 1.29 is 19.1 Å². The smallest absolute Gasteiger partial charge is 0.415 e. The highest BCUT2D eigenvalue weighted by Crippen LogP contribution is 2.40. The van der Waals surface area contributed by atoms with Gasteiger partial charge >= 0.3 is 12.1 Å². The summed E-state index contributed by atoms with van der Waals surface area (Å²) in [4.78, 5) is 25.2. The van der Waals surface area contributed by atoms with Gasteiger partial charge in [0.05, 0.1) is 20.4 Å². The number of hydrogen-bond acceptors (Lipinski definition) is 5. The predicted octanol–water partition coefficient (Wildman–Crippen LogP) is 0.782. The number of hydrogen-bond donors (Lipinski definition) is 1. The number of rotatable bonds is 1. The highest BCUT2D eigenvalue weighted by atomic mass is 16.5. The maximum atomic E-state index is 12.0. The molecule has 2 aliphatic heterocycles. The Hall–Kier alpha value is -2.08. The van der Waals surface area contributed by atoms with Crippen LogP contribution in [0.5, 0.6) is 0 Å². The second-order valence-electron chi connectivity index (χ2n) is 4.95. The molecule has 0 spiro atoms. The number of carbonyl (C=O) groups is 2. The van der Waals surface area contributed by atoms with E-state index in [4.69, 9.17) is 9.47 Å². The van der Waals surface area contributed by atoms with E-state index in [0.717, 1.165) is 0 Å². The summed E-state index contributed by atoms with van der Waals surface area (Å²) in [6.45, 7) is 0. The van der Waals surface area contributed by atoms with Crippen LogP contribution in [0.4, 0.5) is 4.79 Å². The molecule has 0 saturated carbocycles. The Morgan fingerprint density at radius 1 is 1.15 bits per heavy atom. The number of esters is 1. The van der Waals surface area contributed by atoms with Crippen LogP contribution >= 0.6 is 0 Å². The van der Waals surface area contributed by atoms with Gasteiger partial charge in [0.25, 0.3) is 0 Å². The van der Waals surface area contributed by atoms with E-state index in [-0.39, 0.29) is 29.7 Å². The van der Waals surface area contributed by atoms with Crippen LogP contribution in [-0.2, 0) is 14.3 Å². The molecule has 6 nitrogen and oxygen atoms in total. The molecule has 1 amide bonds. The molecule has 0 radical (unpaired) electrons. The summed E-state index contributed by atoms with van der Waals surface area (Å²) in [5.41, 5.74) is 0.239. The average Bonchev–Trinajstić information content (AvgIpc) is 3.01. The van der Waals surface area contributed by atoms with Crippen molar-refractivity contribution in [1.29, 1.82) is 0 Å². The first-order valence-corrected chi connectivity index (χ1v) is 6.45. The van der Waals surface area contributed by atoms with Crippen LogP contribution in [0.2, 0.25) is 0 Å². The monoisotopic (exact) mass is 276 g/mol. The molecule has 4 atom stereocenters. The first-order chi connectivity index (χ1) is 9.67. The number of nitrogens with zero attached hydrogens (tertiary/aromatic N) is 1. The second-order valence-corrected chi connectivity index (χ2v) is 4.95. The van der Waals surface area contributed by atoms with Crippen LogP contribution in [0.1, 0.15) is 0 Å². The van der Waals surface area contributed by atoms with Crippen molar-refractivity contribution in [1.82, 2.24) is 10.2 Å². The van der Waals surface area contributed by atoms with Crippen LogP contribution in [0.3, 0.4) is 0 Å². The number of allylic oxidation sites excluding steroid dienone is 2. The number of methoxy groups -OCH3 is 2. The third-order valence-corrected chi connectivity index (χ3v) is 4.00. The number of carbonyl (C=O) groups excluding carboxylic acids is 2. The van der Waals surface area contributed by atoms with Gasteiger partial charge in [0.1, 0.15) is 5.70 Å². The van der Waals surface area contributed by atoms with Gasteiger partial charge in [-0.1, -0.05) is 24.3 Å². The minimum absolute atomic E-state index is 0.0365. The molecular weight excluding hydrogens is 260 g/mol. The van der Waals surface area contributed by atoms with Gasteiger partial charge in [-0.3, -0.25) is 10.2 Å². The largest absolute Gasteiger partial charge is 0.464 e. The number of nitrogens with one attached hydrogen (secondary N) is 1. The van der Waals surface area contributed by atoms with Gasteiger partial charge in [0, 0.05) is 17.9 Å². The van der Waals surface area contributed by atoms with Crippen molar-refractivity contribution in [3.63, 3.8) is 0 Å². The quantitative estimate of drug-likeness (QED) is 0.717. The number of amides is 1. The van der Waals surface area contributed by atoms with Crippen LogP contribution < -0.4 is 5.32 Å². The standard InChI is InChI=1S/C14H16N2O4/c1-19-13(17)11-7-9-8-5-3-4-6-10(8)15-12(9)16(11)14(18)20-2/h3-10,12,15H,1-2H3/t8-,9+,10+,12-/m0/s1. The molecule has 1 fully saturated rings. The van der Waals surface area contributed by atoms with E-state index in [1.807, 2.05) is 12.2 Å². The Morgan fingerprint density at radius 2 is 1.90 bits per heavy atom. The molecule has 1 aliphatic carbocycles. The van der Waals surface area contributed by atoms with Crippen molar-refractivity contribution in [3.05, 3.63) is 36.1 Å². The Bertz CT molecular complexity index is 537. The molecule has 0 bridgehead atoms. The van der Waals surface area contributed by atoms with E-state index in [2.05, 4.69) is 17.5 Å². The number of fused-ring (bicyclic) bond motifs is 3. The molecule has 0 aromatic carbocycles. The zero-order chi connectivity index (χ0) is 14.3. The normalized spacial score (nSPS) is 33.5. The maximum absolute atomic E-state index is 12.0. The van der Waals surface area contributed by atoms with Crippen molar-refractivity contribution in [2.75, 3.05) is 14.2 Å². The zero-order valence-electron chi connectivity index (χ0n) is 11.3. The molecule has 1 N–H and O–H groups in total. The lowest BCUT2D eigenvalue weighted by Gasteiger charge is -2.25. The van der Waals surface area contributed by atoms with Crippen LogP contribution in [0.25, 0.3) is 0 Å². The fraction of sp³-hybridized carbons (Fsp3) is 0.429. The average molecular weight is 276 g/mol. The molecule has 0 unspecified atom stereocenters. The van der Waals surface area contributed by atoms with Gasteiger partial charge in [0.15, 0.2) is 0 Å². The molecular formula is C14H16N2O4. The summed E-state index contributed by atoms with van der Waals surface area (Å²) in [7, 11) is 2.60. The van der Waals surface area contributed by atoms with E-state index in [9.17, 15) is 9.59 Å². The highest BCUT2D eigenvalue weighted by molar-refractivity contribution is 5.93. The fourth-order valence-corrected chi connectivity index (χ4v) is 3.12. The molecule has 3 aliphatic rings. The Labute approximate surface area is 116 Å². The lowest BCUT2D eigenvalue weighted by Crippen LogP contribution is -2.47. The van der Waals surface area contributed by atoms with E-state index in [1.54, 1.807) is 6.08 Å². The van der Waals surface area contributed by atoms with Gasteiger partial charge in [-0.2, -0.15) is 0 Å². The third-order valence-electron chi connectivity index (χ3n) is 4.00. The van der Waals surface area contributed by atoms with E-state index >= 15 is 0 Å². The zero-order valence-corrected chi connectivity index (χ0v) is 11.3. The van der Waals surface area contributed by atoms with Gasteiger partial charge in [-0.15, -0.1) is 0 Å². The fourth-order valence-electron chi connectivity index (χ4n) is 3.12. The number of ether oxygens (including phenoxy) is 2. The molecule has 0 aromatic rings. The molecule has 20 heavy (non-hydrogen) atoms. The van der Waals surface area contributed by atoms with Crippen molar-refractivity contribution in [2.45, 2.75) is 12.2 Å². The summed E-state index contributed by atoms with van der Waals surface area (Å²) < 4.78 is 9.53. The van der Waals surface area contributed by atoms with Gasteiger partial charge in [-0.25, -0.2) is 9.59 Å². The topological polar surface area (TPSA) is 67.9 Å². The third kappa shape index (κ3) is 1.76. The molecule has 0 aromatic heterocycles. The molecule has 6 heteroatoms. The van der Waals surface area contributed by atoms with Crippen LogP contribution in [0.15, 0.2) is 36.1 Å². The Balaban J connectivity index is 1.96. The van der Waals surface area contributed by atoms with Crippen molar-refractivity contribution >= 4 is 12.1 Å². The summed E-state index contributed by atoms with van der Waals surface area (Å²) in [6, 6.07) is 0.164. The molecule has 106 valence electrons. The highest BCUT2D eigenvalue weighted by Gasteiger charge is 2.51. The first kappa shape index (κ1) is 12.9. The van der Waals surface area contributed by atoms with Gasteiger partial charge in [0.2, 0.25) is 0 Å². The molecule has 3 rings (SSSR count). The van der Waals surface area contributed by atoms with Crippen molar-refractivity contribution in [2.24, 2.45) is 11.8 Å². The lowest BCUT2D eigenvalue weighted by molar-refractivity contribution is -0.137. The van der Waals surface area contributed by atoms with Crippen LogP contribution in [-0.4, -0.2) is 43.4 Å². The van der Waals surface area contributed by atoms with E-state index in [0.29, 0.717) is 0 Å². The van der Waals surface area contributed by atoms with Gasteiger partial charge in [-0.05, 0) is 6.08 Å². The van der Waals surface area contributed by atoms with Crippen LogP contribution in [0, 0.1) is 11.8 Å². The molecule has 1 saturated heterocycles. The minimum atomic E-state index is -0.562. The lowest BCUT2D eigenvalue weighted by atomic mass is 9.87. The summed E-state index contributed by atoms with van der Waals surface area (Å²) in [6.07, 6.45) is 9.07. The summed E-state index contributed by atoms with van der Waals surface area (Å²) in [5, 5.41) is 3.36.